The third kappa shape index (κ3) is 2.42. The monoisotopic (exact) mass is 233 g/mol. The number of carbonyl (C=O) groups excluding carboxylic acids is 1. The summed E-state index contributed by atoms with van der Waals surface area (Å²) in [5.74, 6) is 0.0501. The van der Waals surface area contributed by atoms with E-state index in [9.17, 15) is 4.79 Å². The van der Waals surface area contributed by atoms with Crippen LogP contribution < -0.4 is 16.0 Å². The molecule has 92 valence electrons. The normalized spacial score (nSPS) is 15.6. The molecule has 4 nitrogen and oxygen atoms in total. The van der Waals surface area contributed by atoms with Crippen molar-refractivity contribution in [1.82, 2.24) is 5.32 Å². The lowest BCUT2D eigenvalue weighted by molar-refractivity contribution is -0.119. The minimum absolute atomic E-state index is 0.0501. The molecule has 0 spiro atoms. The summed E-state index contributed by atoms with van der Waals surface area (Å²) in [4.78, 5) is 13.5. The van der Waals surface area contributed by atoms with Crippen LogP contribution >= 0.6 is 0 Å². The minimum Gasteiger partial charge on any atom is -0.362 e. The maximum Gasteiger partial charge on any atom is 0.239 e. The maximum absolute atomic E-state index is 11.4. The molecule has 1 aliphatic rings. The molecule has 1 heterocycles. The van der Waals surface area contributed by atoms with Gasteiger partial charge < -0.3 is 16.0 Å². The van der Waals surface area contributed by atoms with Gasteiger partial charge in [-0.2, -0.15) is 0 Å². The summed E-state index contributed by atoms with van der Waals surface area (Å²) < 4.78 is 0. The first-order chi connectivity index (χ1) is 8.11. The molecule has 0 fully saturated rings. The second kappa shape index (κ2) is 4.75. The standard InChI is InChI=1S/C13H19N3O/c1-9(14)10-3-4-12-11(7-10)5-6-16(12)8-13(17)15-2/h3-4,7,9H,5-6,8,14H2,1-2H3,(H,15,17). The fourth-order valence-electron chi connectivity index (χ4n) is 2.19. The van der Waals surface area contributed by atoms with E-state index >= 15 is 0 Å². The van der Waals surface area contributed by atoms with Crippen molar-refractivity contribution in [1.29, 1.82) is 0 Å². The van der Waals surface area contributed by atoms with Gasteiger partial charge in [0.1, 0.15) is 0 Å². The van der Waals surface area contributed by atoms with E-state index in [0.29, 0.717) is 6.54 Å². The third-order valence-electron chi connectivity index (χ3n) is 3.23. The molecule has 2 rings (SSSR count). The number of nitrogens with two attached hydrogens (primary N) is 1. The van der Waals surface area contributed by atoms with E-state index in [2.05, 4.69) is 22.3 Å². The van der Waals surface area contributed by atoms with Crippen LogP contribution in [-0.4, -0.2) is 26.0 Å². The molecule has 1 aromatic carbocycles. The van der Waals surface area contributed by atoms with Crippen molar-refractivity contribution in [3.05, 3.63) is 29.3 Å². The second-order valence-corrected chi connectivity index (χ2v) is 4.52. The van der Waals surface area contributed by atoms with Crippen LogP contribution in [0.25, 0.3) is 0 Å². The van der Waals surface area contributed by atoms with Gasteiger partial charge in [0.05, 0.1) is 6.54 Å². The van der Waals surface area contributed by atoms with Crippen molar-refractivity contribution in [2.24, 2.45) is 5.73 Å². The highest BCUT2D eigenvalue weighted by Gasteiger charge is 2.21. The molecule has 3 N–H and O–H groups in total. The molecule has 0 aromatic heterocycles. The van der Waals surface area contributed by atoms with Gasteiger partial charge in [0.25, 0.3) is 0 Å². The van der Waals surface area contributed by atoms with Gasteiger partial charge in [-0.15, -0.1) is 0 Å². The fourth-order valence-corrected chi connectivity index (χ4v) is 2.19. The molecular formula is C13H19N3O. The highest BCUT2D eigenvalue weighted by molar-refractivity contribution is 5.82. The number of anilines is 1. The molecule has 1 aromatic rings. The first-order valence-electron chi connectivity index (χ1n) is 5.95. The minimum atomic E-state index is 0.0501. The Morgan fingerprint density at radius 2 is 2.35 bits per heavy atom. The van der Waals surface area contributed by atoms with E-state index in [0.717, 1.165) is 24.2 Å². The third-order valence-corrected chi connectivity index (χ3v) is 3.23. The number of nitrogens with one attached hydrogen (secondary N) is 1. The van der Waals surface area contributed by atoms with Crippen LogP contribution in [-0.2, 0) is 11.2 Å². The first-order valence-corrected chi connectivity index (χ1v) is 5.95. The molecule has 1 amide bonds. The number of nitrogens with zero attached hydrogens (tertiary/aromatic N) is 1. The Hall–Kier alpha value is -1.55. The van der Waals surface area contributed by atoms with Crippen molar-refractivity contribution in [3.63, 3.8) is 0 Å². The first kappa shape index (κ1) is 11.9. The highest BCUT2D eigenvalue weighted by atomic mass is 16.1. The lowest BCUT2D eigenvalue weighted by Crippen LogP contribution is -2.34. The number of benzene rings is 1. The number of rotatable bonds is 3. The summed E-state index contributed by atoms with van der Waals surface area (Å²) in [6.45, 7) is 3.32. The Morgan fingerprint density at radius 1 is 1.59 bits per heavy atom. The number of likely N-dealkylation sites (N-methyl/N-ethyl adjacent to an activating group) is 1. The molecule has 17 heavy (non-hydrogen) atoms. The number of hydrogen-bond acceptors (Lipinski definition) is 3. The molecule has 1 atom stereocenters. The second-order valence-electron chi connectivity index (χ2n) is 4.52. The summed E-state index contributed by atoms with van der Waals surface area (Å²) in [7, 11) is 1.67. The van der Waals surface area contributed by atoms with E-state index in [4.69, 9.17) is 5.73 Å². The molecular weight excluding hydrogens is 214 g/mol. The molecule has 0 aliphatic carbocycles. The van der Waals surface area contributed by atoms with Crippen LogP contribution in [0.15, 0.2) is 18.2 Å². The summed E-state index contributed by atoms with van der Waals surface area (Å²) in [5.41, 5.74) is 9.48. The zero-order valence-corrected chi connectivity index (χ0v) is 10.4. The zero-order chi connectivity index (χ0) is 12.4. The summed E-state index contributed by atoms with van der Waals surface area (Å²) in [6.07, 6.45) is 0.993. The SMILES string of the molecule is CNC(=O)CN1CCc2cc(C(C)N)ccc21. The highest BCUT2D eigenvalue weighted by Crippen LogP contribution is 2.29. The number of fused-ring (bicyclic) bond motifs is 1. The van der Waals surface area contributed by atoms with Gasteiger partial charge in [-0.3, -0.25) is 4.79 Å². The molecule has 0 bridgehead atoms. The van der Waals surface area contributed by atoms with Crippen molar-refractivity contribution in [3.8, 4) is 0 Å². The number of carbonyl (C=O) groups is 1. The fraction of sp³-hybridized carbons (Fsp3) is 0.462. The summed E-state index contributed by atoms with van der Waals surface area (Å²) in [5, 5.41) is 2.65. The largest absolute Gasteiger partial charge is 0.362 e. The van der Waals surface area contributed by atoms with Gasteiger partial charge in [0, 0.05) is 25.3 Å². The van der Waals surface area contributed by atoms with E-state index in [1.165, 1.54) is 5.56 Å². The quantitative estimate of drug-likeness (QED) is 0.812. The number of hydrogen-bond donors (Lipinski definition) is 2. The maximum atomic E-state index is 11.4. The van der Waals surface area contributed by atoms with Crippen LogP contribution in [0.3, 0.4) is 0 Å². The van der Waals surface area contributed by atoms with E-state index in [1.807, 2.05) is 13.0 Å². The van der Waals surface area contributed by atoms with Gasteiger partial charge in [-0.05, 0) is 30.5 Å². The number of amides is 1. The van der Waals surface area contributed by atoms with E-state index in [-0.39, 0.29) is 11.9 Å². The molecule has 0 saturated carbocycles. The van der Waals surface area contributed by atoms with Crippen LogP contribution in [0.4, 0.5) is 5.69 Å². The van der Waals surface area contributed by atoms with Crippen molar-refractivity contribution in [2.45, 2.75) is 19.4 Å². The molecule has 4 heteroatoms. The molecule has 0 radical (unpaired) electrons. The Morgan fingerprint density at radius 3 is 3.00 bits per heavy atom. The van der Waals surface area contributed by atoms with Gasteiger partial charge >= 0.3 is 0 Å². The van der Waals surface area contributed by atoms with Gasteiger partial charge in [0.2, 0.25) is 5.91 Å². The van der Waals surface area contributed by atoms with E-state index < -0.39 is 0 Å². The Bertz CT molecular complexity index is 429. The van der Waals surface area contributed by atoms with Crippen molar-refractivity contribution in [2.75, 3.05) is 25.0 Å². The molecule has 1 unspecified atom stereocenters. The lowest BCUT2D eigenvalue weighted by Gasteiger charge is -2.18. The van der Waals surface area contributed by atoms with Gasteiger partial charge in [-0.1, -0.05) is 12.1 Å². The Kier molecular flexibility index (Phi) is 3.33. The Balaban J connectivity index is 2.19. The summed E-state index contributed by atoms with van der Waals surface area (Å²) in [6, 6.07) is 6.34. The van der Waals surface area contributed by atoms with Crippen LogP contribution in [0.5, 0.6) is 0 Å². The van der Waals surface area contributed by atoms with Crippen LogP contribution in [0, 0.1) is 0 Å². The average molecular weight is 233 g/mol. The van der Waals surface area contributed by atoms with E-state index in [1.54, 1.807) is 7.05 Å². The van der Waals surface area contributed by atoms with Gasteiger partial charge in [-0.25, -0.2) is 0 Å². The predicted molar refractivity (Wildman–Crippen MR) is 69.0 cm³/mol. The lowest BCUT2D eigenvalue weighted by atomic mass is 10.0. The average Bonchev–Trinajstić information content (AvgIpc) is 2.71. The van der Waals surface area contributed by atoms with Crippen LogP contribution in [0.2, 0.25) is 0 Å². The van der Waals surface area contributed by atoms with Crippen molar-refractivity contribution < 1.29 is 4.79 Å². The Labute approximate surface area is 102 Å². The molecule has 0 saturated heterocycles. The van der Waals surface area contributed by atoms with Gasteiger partial charge in [0.15, 0.2) is 0 Å². The van der Waals surface area contributed by atoms with Crippen LogP contribution in [0.1, 0.15) is 24.1 Å². The predicted octanol–water partition coefficient (Wildman–Crippen LogP) is 0.815. The molecule has 1 aliphatic heterocycles. The smallest absolute Gasteiger partial charge is 0.239 e. The topological polar surface area (TPSA) is 58.4 Å². The van der Waals surface area contributed by atoms with Crippen molar-refractivity contribution >= 4 is 11.6 Å². The zero-order valence-electron chi connectivity index (χ0n) is 10.4. The summed E-state index contributed by atoms with van der Waals surface area (Å²) >= 11 is 0.